The standard InChI is InChI=1S/C24H18BrNO4/c1-28-20-12-6-18(7-13-20)23-26-22(24(27)30-23)14-16-4-10-21(11-5-16)29-15-17-2-8-19(25)9-3-17/h2-14H,15H2,1H3/b22-14-. The molecule has 4 rings (SSSR count). The van der Waals surface area contributed by atoms with Crippen LogP contribution in [0.2, 0.25) is 0 Å². The number of hydrogen-bond donors (Lipinski definition) is 0. The molecule has 0 N–H and O–H groups in total. The van der Waals surface area contributed by atoms with Gasteiger partial charge in [0.05, 0.1) is 7.11 Å². The summed E-state index contributed by atoms with van der Waals surface area (Å²) >= 11 is 3.42. The van der Waals surface area contributed by atoms with Gasteiger partial charge in [0, 0.05) is 10.0 Å². The summed E-state index contributed by atoms with van der Waals surface area (Å²) < 4.78 is 17.3. The molecule has 0 aromatic heterocycles. The zero-order chi connectivity index (χ0) is 20.9. The minimum Gasteiger partial charge on any atom is -0.497 e. The molecule has 150 valence electrons. The van der Waals surface area contributed by atoms with Gasteiger partial charge in [-0.2, -0.15) is 0 Å². The Bertz CT molecular complexity index is 1100. The van der Waals surface area contributed by atoms with Crippen LogP contribution in [-0.4, -0.2) is 19.0 Å². The van der Waals surface area contributed by atoms with E-state index in [1.54, 1.807) is 37.5 Å². The summed E-state index contributed by atoms with van der Waals surface area (Å²) in [7, 11) is 1.60. The summed E-state index contributed by atoms with van der Waals surface area (Å²) in [4.78, 5) is 16.5. The van der Waals surface area contributed by atoms with Gasteiger partial charge in [-0.3, -0.25) is 0 Å². The maximum atomic E-state index is 12.2. The van der Waals surface area contributed by atoms with Crippen LogP contribution in [-0.2, 0) is 16.1 Å². The van der Waals surface area contributed by atoms with E-state index >= 15 is 0 Å². The summed E-state index contributed by atoms with van der Waals surface area (Å²) in [6.07, 6.45) is 1.69. The van der Waals surface area contributed by atoms with Gasteiger partial charge in [-0.1, -0.05) is 40.2 Å². The van der Waals surface area contributed by atoms with Gasteiger partial charge >= 0.3 is 5.97 Å². The summed E-state index contributed by atoms with van der Waals surface area (Å²) in [5, 5.41) is 0. The first-order chi connectivity index (χ1) is 14.6. The maximum Gasteiger partial charge on any atom is 0.363 e. The highest BCUT2D eigenvalue weighted by Gasteiger charge is 2.24. The van der Waals surface area contributed by atoms with E-state index in [1.807, 2.05) is 48.5 Å². The quantitative estimate of drug-likeness (QED) is 0.363. The number of carbonyl (C=O) groups excluding carboxylic acids is 1. The number of esters is 1. The van der Waals surface area contributed by atoms with Crippen molar-refractivity contribution in [2.24, 2.45) is 4.99 Å². The number of benzene rings is 3. The van der Waals surface area contributed by atoms with Crippen molar-refractivity contribution in [1.82, 2.24) is 0 Å². The second kappa shape index (κ2) is 8.97. The molecular formula is C24H18BrNO4. The Labute approximate surface area is 182 Å². The van der Waals surface area contributed by atoms with Crippen molar-refractivity contribution in [3.05, 3.63) is 99.7 Å². The van der Waals surface area contributed by atoms with Crippen molar-refractivity contribution in [3.8, 4) is 11.5 Å². The number of nitrogens with zero attached hydrogens (tertiary/aromatic N) is 1. The van der Waals surface area contributed by atoms with Gasteiger partial charge in [0.15, 0.2) is 5.70 Å². The Hall–Kier alpha value is -3.38. The van der Waals surface area contributed by atoms with Crippen LogP contribution in [0.3, 0.4) is 0 Å². The molecule has 0 amide bonds. The lowest BCUT2D eigenvalue weighted by molar-refractivity contribution is -0.129. The van der Waals surface area contributed by atoms with Crippen LogP contribution >= 0.6 is 15.9 Å². The molecule has 0 saturated carbocycles. The number of carbonyl (C=O) groups is 1. The van der Waals surface area contributed by atoms with Gasteiger partial charge in [0.25, 0.3) is 0 Å². The fourth-order valence-electron chi connectivity index (χ4n) is 2.83. The Kier molecular flexibility index (Phi) is 5.95. The monoisotopic (exact) mass is 463 g/mol. The van der Waals surface area contributed by atoms with E-state index in [9.17, 15) is 4.79 Å². The van der Waals surface area contributed by atoms with E-state index in [-0.39, 0.29) is 11.6 Å². The van der Waals surface area contributed by atoms with Gasteiger partial charge in [-0.25, -0.2) is 9.79 Å². The summed E-state index contributed by atoms with van der Waals surface area (Å²) in [5.41, 5.74) is 2.88. The van der Waals surface area contributed by atoms with Crippen LogP contribution in [0.4, 0.5) is 0 Å². The molecule has 3 aromatic carbocycles. The number of rotatable bonds is 6. The Balaban J connectivity index is 1.43. The van der Waals surface area contributed by atoms with Gasteiger partial charge in [-0.05, 0) is 65.7 Å². The second-order valence-corrected chi connectivity index (χ2v) is 7.46. The summed E-state index contributed by atoms with van der Waals surface area (Å²) in [5.74, 6) is 1.28. The zero-order valence-corrected chi connectivity index (χ0v) is 17.8. The molecule has 0 bridgehead atoms. The maximum absolute atomic E-state index is 12.2. The molecule has 0 atom stereocenters. The normalized spacial score (nSPS) is 14.4. The predicted molar refractivity (Wildman–Crippen MR) is 119 cm³/mol. The van der Waals surface area contributed by atoms with E-state index in [0.717, 1.165) is 27.1 Å². The van der Waals surface area contributed by atoms with Crippen LogP contribution in [0.5, 0.6) is 11.5 Å². The molecule has 30 heavy (non-hydrogen) atoms. The molecule has 0 radical (unpaired) electrons. The SMILES string of the molecule is COc1ccc(C2=N/C(=C\c3ccc(OCc4ccc(Br)cc4)cc3)C(=O)O2)cc1. The van der Waals surface area contributed by atoms with Crippen molar-refractivity contribution in [2.75, 3.05) is 7.11 Å². The molecule has 0 aliphatic carbocycles. The number of aliphatic imine (C=N–C) groups is 1. The van der Waals surface area contributed by atoms with E-state index in [4.69, 9.17) is 14.2 Å². The first-order valence-electron chi connectivity index (χ1n) is 9.25. The molecule has 0 fully saturated rings. The number of methoxy groups -OCH3 is 1. The molecular weight excluding hydrogens is 446 g/mol. The first-order valence-corrected chi connectivity index (χ1v) is 10.0. The third-order valence-corrected chi connectivity index (χ3v) is 4.99. The highest BCUT2D eigenvalue weighted by atomic mass is 79.9. The fraction of sp³-hybridized carbons (Fsp3) is 0.0833. The van der Waals surface area contributed by atoms with Crippen molar-refractivity contribution in [2.45, 2.75) is 6.61 Å². The molecule has 6 heteroatoms. The Morgan fingerprint density at radius 2 is 1.60 bits per heavy atom. The van der Waals surface area contributed by atoms with Crippen LogP contribution in [0.15, 0.2) is 88.0 Å². The van der Waals surface area contributed by atoms with E-state index < -0.39 is 5.97 Å². The highest BCUT2D eigenvalue weighted by molar-refractivity contribution is 9.10. The van der Waals surface area contributed by atoms with E-state index in [1.165, 1.54) is 0 Å². The average Bonchev–Trinajstić information content (AvgIpc) is 3.14. The summed E-state index contributed by atoms with van der Waals surface area (Å²) in [6, 6.07) is 22.6. The second-order valence-electron chi connectivity index (χ2n) is 6.55. The Morgan fingerprint density at radius 1 is 0.933 bits per heavy atom. The molecule has 0 spiro atoms. The number of halogens is 1. The minimum absolute atomic E-state index is 0.254. The molecule has 1 heterocycles. The fourth-order valence-corrected chi connectivity index (χ4v) is 3.10. The predicted octanol–water partition coefficient (Wildman–Crippen LogP) is 5.38. The third-order valence-electron chi connectivity index (χ3n) is 4.46. The van der Waals surface area contributed by atoms with Crippen LogP contribution in [0.1, 0.15) is 16.7 Å². The van der Waals surface area contributed by atoms with Crippen LogP contribution in [0.25, 0.3) is 6.08 Å². The number of hydrogen-bond acceptors (Lipinski definition) is 5. The molecule has 1 aliphatic heterocycles. The highest BCUT2D eigenvalue weighted by Crippen LogP contribution is 2.22. The lowest BCUT2D eigenvalue weighted by Gasteiger charge is -2.06. The third kappa shape index (κ3) is 4.78. The number of cyclic esters (lactones) is 1. The minimum atomic E-state index is -0.476. The van der Waals surface area contributed by atoms with Gasteiger partial charge in [0.1, 0.15) is 18.1 Å². The molecule has 1 aliphatic rings. The molecule has 5 nitrogen and oxygen atoms in total. The van der Waals surface area contributed by atoms with Gasteiger partial charge in [-0.15, -0.1) is 0 Å². The van der Waals surface area contributed by atoms with Crippen molar-refractivity contribution in [3.63, 3.8) is 0 Å². The molecule has 0 saturated heterocycles. The smallest absolute Gasteiger partial charge is 0.363 e. The molecule has 0 unspecified atom stereocenters. The Morgan fingerprint density at radius 3 is 2.27 bits per heavy atom. The van der Waals surface area contributed by atoms with Crippen molar-refractivity contribution >= 4 is 33.9 Å². The number of ether oxygens (including phenoxy) is 3. The van der Waals surface area contributed by atoms with E-state index in [0.29, 0.717) is 12.2 Å². The zero-order valence-electron chi connectivity index (χ0n) is 16.2. The topological polar surface area (TPSA) is 57.1 Å². The molecule has 3 aromatic rings. The average molecular weight is 464 g/mol. The van der Waals surface area contributed by atoms with Gasteiger partial charge < -0.3 is 14.2 Å². The van der Waals surface area contributed by atoms with Crippen molar-refractivity contribution < 1.29 is 19.0 Å². The van der Waals surface area contributed by atoms with Crippen LogP contribution < -0.4 is 9.47 Å². The summed E-state index contributed by atoms with van der Waals surface area (Å²) in [6.45, 7) is 0.482. The largest absolute Gasteiger partial charge is 0.497 e. The van der Waals surface area contributed by atoms with Crippen LogP contribution in [0, 0.1) is 0 Å². The van der Waals surface area contributed by atoms with Crippen molar-refractivity contribution in [1.29, 1.82) is 0 Å². The lowest BCUT2D eigenvalue weighted by Crippen LogP contribution is -2.05. The first kappa shape index (κ1) is 19.9. The van der Waals surface area contributed by atoms with E-state index in [2.05, 4.69) is 20.9 Å². The van der Waals surface area contributed by atoms with Gasteiger partial charge in [0.2, 0.25) is 5.90 Å². The lowest BCUT2D eigenvalue weighted by atomic mass is 10.2.